The van der Waals surface area contributed by atoms with E-state index in [2.05, 4.69) is 5.32 Å². The number of hydrogen-bond acceptors (Lipinski definition) is 3. The van der Waals surface area contributed by atoms with Crippen molar-refractivity contribution in [2.24, 2.45) is 0 Å². The summed E-state index contributed by atoms with van der Waals surface area (Å²) in [5.74, 6) is -2.35. The summed E-state index contributed by atoms with van der Waals surface area (Å²) < 4.78 is 35.6. The van der Waals surface area contributed by atoms with Crippen molar-refractivity contribution in [3.63, 3.8) is 0 Å². The van der Waals surface area contributed by atoms with E-state index in [0.717, 1.165) is 25.6 Å². The molecule has 0 spiro atoms. The summed E-state index contributed by atoms with van der Waals surface area (Å²) in [5, 5.41) is 3.33. The molecule has 0 amide bonds. The van der Waals surface area contributed by atoms with Crippen molar-refractivity contribution in [2.75, 3.05) is 26.4 Å². The van der Waals surface area contributed by atoms with Gasteiger partial charge in [0.1, 0.15) is 5.75 Å². The molecular formula is C13H17F2NO2. The fourth-order valence-electron chi connectivity index (χ4n) is 1.79. The SMILES string of the molecule is CC(F)(F)COc1ccc(C2COCCN2)cc1. The van der Waals surface area contributed by atoms with Crippen molar-refractivity contribution in [3.8, 4) is 5.75 Å². The molecular weight excluding hydrogens is 240 g/mol. The monoisotopic (exact) mass is 257 g/mol. The van der Waals surface area contributed by atoms with Crippen LogP contribution in [0.1, 0.15) is 18.5 Å². The molecule has 1 aliphatic rings. The zero-order valence-electron chi connectivity index (χ0n) is 10.3. The van der Waals surface area contributed by atoms with Gasteiger partial charge in [0, 0.05) is 13.5 Å². The summed E-state index contributed by atoms with van der Waals surface area (Å²) in [7, 11) is 0. The molecule has 1 saturated heterocycles. The first-order valence-corrected chi connectivity index (χ1v) is 5.96. The summed E-state index contributed by atoms with van der Waals surface area (Å²) in [6, 6.07) is 7.32. The lowest BCUT2D eigenvalue weighted by atomic mass is 10.1. The lowest BCUT2D eigenvalue weighted by Gasteiger charge is -2.24. The molecule has 5 heteroatoms. The zero-order valence-corrected chi connectivity index (χ0v) is 10.3. The van der Waals surface area contributed by atoms with Crippen LogP contribution < -0.4 is 10.1 Å². The van der Waals surface area contributed by atoms with Gasteiger partial charge in [0.25, 0.3) is 5.92 Å². The Hall–Kier alpha value is -1.20. The molecule has 0 saturated carbocycles. The first kappa shape index (κ1) is 13.2. The molecule has 18 heavy (non-hydrogen) atoms. The lowest BCUT2D eigenvalue weighted by Crippen LogP contribution is -2.34. The number of ether oxygens (including phenoxy) is 2. The second-order valence-electron chi connectivity index (χ2n) is 4.51. The van der Waals surface area contributed by atoms with Crippen LogP contribution in [-0.2, 0) is 4.74 Å². The highest BCUT2D eigenvalue weighted by molar-refractivity contribution is 5.29. The molecule has 1 aromatic rings. The van der Waals surface area contributed by atoms with Crippen molar-refractivity contribution in [1.82, 2.24) is 5.32 Å². The maximum absolute atomic E-state index is 12.6. The van der Waals surface area contributed by atoms with Crippen LogP contribution in [0, 0.1) is 0 Å². The smallest absolute Gasteiger partial charge is 0.278 e. The summed E-state index contributed by atoms with van der Waals surface area (Å²) in [5.41, 5.74) is 1.07. The summed E-state index contributed by atoms with van der Waals surface area (Å²) >= 11 is 0. The van der Waals surface area contributed by atoms with Gasteiger partial charge in [0.05, 0.1) is 19.3 Å². The van der Waals surface area contributed by atoms with Crippen LogP contribution in [0.4, 0.5) is 8.78 Å². The second-order valence-corrected chi connectivity index (χ2v) is 4.51. The van der Waals surface area contributed by atoms with Crippen LogP contribution in [0.3, 0.4) is 0 Å². The van der Waals surface area contributed by atoms with Gasteiger partial charge >= 0.3 is 0 Å². The van der Waals surface area contributed by atoms with Gasteiger partial charge < -0.3 is 14.8 Å². The molecule has 0 bridgehead atoms. The van der Waals surface area contributed by atoms with E-state index in [1.807, 2.05) is 12.1 Å². The van der Waals surface area contributed by atoms with Gasteiger partial charge in [-0.1, -0.05) is 12.1 Å². The normalized spacial score (nSPS) is 20.7. The molecule has 1 atom stereocenters. The molecule has 1 aliphatic heterocycles. The molecule has 1 N–H and O–H groups in total. The Kier molecular flexibility index (Phi) is 4.14. The van der Waals surface area contributed by atoms with Crippen molar-refractivity contribution in [3.05, 3.63) is 29.8 Å². The maximum atomic E-state index is 12.6. The molecule has 1 aromatic carbocycles. The lowest BCUT2D eigenvalue weighted by molar-refractivity contribution is -0.0229. The summed E-state index contributed by atoms with van der Waals surface area (Å²) in [4.78, 5) is 0. The fourth-order valence-corrected chi connectivity index (χ4v) is 1.79. The van der Waals surface area contributed by atoms with Crippen molar-refractivity contribution >= 4 is 0 Å². The molecule has 2 rings (SSSR count). The van der Waals surface area contributed by atoms with Crippen molar-refractivity contribution in [2.45, 2.75) is 18.9 Å². The number of hydrogen-bond donors (Lipinski definition) is 1. The predicted octanol–water partition coefficient (Wildman–Crippen LogP) is 2.38. The van der Waals surface area contributed by atoms with E-state index in [0.29, 0.717) is 12.4 Å². The highest BCUT2D eigenvalue weighted by atomic mass is 19.3. The van der Waals surface area contributed by atoms with Gasteiger partial charge in [0.15, 0.2) is 6.61 Å². The zero-order chi connectivity index (χ0) is 13.0. The minimum Gasteiger partial charge on any atom is -0.487 e. The van der Waals surface area contributed by atoms with Crippen LogP contribution in [0.15, 0.2) is 24.3 Å². The largest absolute Gasteiger partial charge is 0.487 e. The standard InChI is InChI=1S/C13H17F2NO2/c1-13(14,15)9-18-11-4-2-10(3-5-11)12-8-17-7-6-16-12/h2-5,12,16H,6-9H2,1H3. The van der Waals surface area contributed by atoms with E-state index >= 15 is 0 Å². The molecule has 0 radical (unpaired) electrons. The van der Waals surface area contributed by atoms with E-state index in [1.165, 1.54) is 0 Å². The third-order valence-corrected chi connectivity index (χ3v) is 2.70. The van der Waals surface area contributed by atoms with Crippen molar-refractivity contribution < 1.29 is 18.3 Å². The van der Waals surface area contributed by atoms with E-state index in [1.54, 1.807) is 12.1 Å². The van der Waals surface area contributed by atoms with E-state index in [9.17, 15) is 8.78 Å². The molecule has 1 heterocycles. The van der Waals surface area contributed by atoms with Gasteiger partial charge in [-0.05, 0) is 17.7 Å². The molecule has 1 unspecified atom stereocenters. The van der Waals surface area contributed by atoms with Crippen molar-refractivity contribution in [1.29, 1.82) is 0 Å². The third-order valence-electron chi connectivity index (χ3n) is 2.70. The molecule has 100 valence electrons. The van der Waals surface area contributed by atoms with Gasteiger partial charge in [0.2, 0.25) is 0 Å². The number of rotatable bonds is 4. The maximum Gasteiger partial charge on any atom is 0.278 e. The summed E-state index contributed by atoms with van der Waals surface area (Å²) in [6.45, 7) is 2.42. The molecule has 3 nitrogen and oxygen atoms in total. The van der Waals surface area contributed by atoms with E-state index in [4.69, 9.17) is 9.47 Å². The Morgan fingerprint density at radius 3 is 2.67 bits per heavy atom. The van der Waals surface area contributed by atoms with Gasteiger partial charge in [-0.15, -0.1) is 0 Å². The minimum atomic E-state index is -2.81. The third kappa shape index (κ3) is 3.92. The average molecular weight is 257 g/mol. The number of morpholine rings is 1. The van der Waals surface area contributed by atoms with Crippen LogP contribution in [0.2, 0.25) is 0 Å². The molecule has 1 fully saturated rings. The first-order valence-electron chi connectivity index (χ1n) is 5.96. The fraction of sp³-hybridized carbons (Fsp3) is 0.538. The van der Waals surface area contributed by atoms with Crippen LogP contribution in [0.25, 0.3) is 0 Å². The minimum absolute atomic E-state index is 0.167. The Balaban J connectivity index is 1.92. The highest BCUT2D eigenvalue weighted by Crippen LogP contribution is 2.21. The topological polar surface area (TPSA) is 30.5 Å². The van der Waals surface area contributed by atoms with E-state index < -0.39 is 12.5 Å². The second kappa shape index (κ2) is 5.63. The average Bonchev–Trinajstić information content (AvgIpc) is 2.37. The first-order chi connectivity index (χ1) is 8.54. The van der Waals surface area contributed by atoms with Gasteiger partial charge in [-0.25, -0.2) is 8.78 Å². The van der Waals surface area contributed by atoms with E-state index in [-0.39, 0.29) is 6.04 Å². The Bertz CT molecular complexity index is 370. The van der Waals surface area contributed by atoms with Crippen LogP contribution in [-0.4, -0.2) is 32.3 Å². The number of benzene rings is 1. The van der Waals surface area contributed by atoms with Gasteiger partial charge in [-0.3, -0.25) is 0 Å². The Morgan fingerprint density at radius 2 is 2.11 bits per heavy atom. The Labute approximate surface area is 105 Å². The number of nitrogens with one attached hydrogen (secondary N) is 1. The highest BCUT2D eigenvalue weighted by Gasteiger charge is 2.22. The summed E-state index contributed by atoms with van der Waals surface area (Å²) in [6.07, 6.45) is 0. The number of alkyl halides is 2. The van der Waals surface area contributed by atoms with Gasteiger partial charge in [-0.2, -0.15) is 0 Å². The molecule has 0 aromatic heterocycles. The molecule has 0 aliphatic carbocycles. The predicted molar refractivity (Wildman–Crippen MR) is 64.1 cm³/mol. The number of halogens is 2. The van der Waals surface area contributed by atoms with Crippen LogP contribution in [0.5, 0.6) is 5.75 Å². The van der Waals surface area contributed by atoms with Crippen LogP contribution >= 0.6 is 0 Å². The Morgan fingerprint density at radius 1 is 1.39 bits per heavy atom. The quantitative estimate of drug-likeness (QED) is 0.898.